The van der Waals surface area contributed by atoms with E-state index in [1.165, 1.54) is 17.1 Å². The van der Waals surface area contributed by atoms with Gasteiger partial charge in [-0.3, -0.25) is 4.90 Å². The first kappa shape index (κ1) is 25.8. The average molecular weight is 562 g/mol. The van der Waals surface area contributed by atoms with Crippen LogP contribution >= 0.6 is 11.6 Å². The standard InChI is InChI=1S/C32H33ClFN3O3/c1-20-5-8-27-28(15-20)37(17-23-11-14-38-23)31(35-27)18-36-12-9-21(10-13-36)24-3-2-4-29-32(24)40-30(19-39-29)25-7-6-22(33)16-26(25)34/h2-8,15-16,21,23,30H,9-14,17-19H2,1H3/t23?,30-/m1/s1. The molecule has 208 valence electrons. The number of nitrogens with zero attached hydrogens (tertiary/aromatic N) is 3. The van der Waals surface area contributed by atoms with Crippen molar-refractivity contribution < 1.29 is 18.6 Å². The highest BCUT2D eigenvalue weighted by atomic mass is 35.5. The topological polar surface area (TPSA) is 48.8 Å². The minimum absolute atomic E-state index is 0.264. The van der Waals surface area contributed by atoms with E-state index in [0.29, 0.717) is 16.5 Å². The molecule has 2 saturated heterocycles. The number of halogens is 2. The summed E-state index contributed by atoms with van der Waals surface area (Å²) in [6.07, 6.45) is 2.88. The third-order valence-electron chi connectivity index (χ3n) is 8.52. The van der Waals surface area contributed by atoms with Crippen molar-refractivity contribution in [3.8, 4) is 11.5 Å². The maximum Gasteiger partial charge on any atom is 0.165 e. The highest BCUT2D eigenvalue weighted by Gasteiger charge is 2.31. The normalized spacial score (nSPS) is 21.5. The van der Waals surface area contributed by atoms with Crippen LogP contribution in [0.1, 0.15) is 53.8 Å². The fourth-order valence-corrected chi connectivity index (χ4v) is 6.35. The van der Waals surface area contributed by atoms with E-state index in [-0.39, 0.29) is 18.5 Å². The van der Waals surface area contributed by atoms with Gasteiger partial charge in [0.2, 0.25) is 0 Å². The Kier molecular flexibility index (Phi) is 6.90. The van der Waals surface area contributed by atoms with E-state index < -0.39 is 6.10 Å². The van der Waals surface area contributed by atoms with Crippen molar-refractivity contribution in [3.05, 3.63) is 88.0 Å². The number of fused-ring (bicyclic) bond motifs is 2. The smallest absolute Gasteiger partial charge is 0.165 e. The summed E-state index contributed by atoms with van der Waals surface area (Å²) >= 11 is 5.97. The van der Waals surface area contributed by atoms with Gasteiger partial charge in [-0.2, -0.15) is 0 Å². The molecule has 2 atom stereocenters. The molecule has 0 radical (unpaired) electrons. The second kappa shape index (κ2) is 10.7. The lowest BCUT2D eigenvalue weighted by Gasteiger charge is -2.35. The van der Waals surface area contributed by atoms with Gasteiger partial charge in [0.15, 0.2) is 17.6 Å². The van der Waals surface area contributed by atoms with Crippen LogP contribution in [0.2, 0.25) is 5.02 Å². The Bertz CT molecular complexity index is 1540. The van der Waals surface area contributed by atoms with E-state index >= 15 is 0 Å². The number of hydrogen-bond donors (Lipinski definition) is 0. The highest BCUT2D eigenvalue weighted by Crippen LogP contribution is 2.45. The van der Waals surface area contributed by atoms with E-state index in [2.05, 4.69) is 40.7 Å². The second-order valence-corrected chi connectivity index (χ2v) is 11.7. The first-order chi connectivity index (χ1) is 19.5. The van der Waals surface area contributed by atoms with Crippen LogP contribution in [0, 0.1) is 12.7 Å². The zero-order valence-corrected chi connectivity index (χ0v) is 23.4. The zero-order chi connectivity index (χ0) is 27.2. The number of aromatic nitrogens is 2. The molecule has 3 aliphatic rings. The number of likely N-dealkylation sites (tertiary alicyclic amines) is 1. The second-order valence-electron chi connectivity index (χ2n) is 11.2. The lowest BCUT2D eigenvalue weighted by molar-refractivity contribution is -0.0592. The Morgan fingerprint density at radius 1 is 1.02 bits per heavy atom. The Balaban J connectivity index is 1.07. The number of para-hydroxylation sites is 1. The quantitative estimate of drug-likeness (QED) is 0.258. The minimum atomic E-state index is -0.512. The van der Waals surface area contributed by atoms with E-state index in [0.717, 1.165) is 80.5 Å². The largest absolute Gasteiger partial charge is 0.485 e. The lowest BCUT2D eigenvalue weighted by Crippen LogP contribution is -2.35. The Morgan fingerprint density at radius 3 is 2.65 bits per heavy atom. The first-order valence-corrected chi connectivity index (χ1v) is 14.6. The average Bonchev–Trinajstić information content (AvgIpc) is 3.26. The summed E-state index contributed by atoms with van der Waals surface area (Å²) in [6, 6.07) is 17.3. The van der Waals surface area contributed by atoms with Crippen molar-refractivity contribution in [1.29, 1.82) is 0 Å². The lowest BCUT2D eigenvalue weighted by atomic mass is 9.88. The van der Waals surface area contributed by atoms with Crippen molar-refractivity contribution in [3.63, 3.8) is 0 Å². The van der Waals surface area contributed by atoms with Gasteiger partial charge in [-0.15, -0.1) is 0 Å². The van der Waals surface area contributed by atoms with Crippen LogP contribution in [0.15, 0.2) is 54.6 Å². The van der Waals surface area contributed by atoms with Crippen molar-refractivity contribution in [2.24, 2.45) is 0 Å². The summed E-state index contributed by atoms with van der Waals surface area (Å²) < 4.78 is 35.3. The number of aryl methyl sites for hydroxylation is 1. The molecule has 3 aliphatic heterocycles. The van der Waals surface area contributed by atoms with E-state index in [4.69, 9.17) is 30.8 Å². The summed E-state index contributed by atoms with van der Waals surface area (Å²) in [4.78, 5) is 7.54. The summed E-state index contributed by atoms with van der Waals surface area (Å²) in [5.74, 6) is 2.54. The molecule has 1 unspecified atom stereocenters. The van der Waals surface area contributed by atoms with Gasteiger partial charge in [-0.25, -0.2) is 9.37 Å². The fraction of sp³-hybridized carbons (Fsp3) is 0.406. The van der Waals surface area contributed by atoms with Crippen LogP contribution in [0.5, 0.6) is 11.5 Å². The van der Waals surface area contributed by atoms with Gasteiger partial charge in [-0.1, -0.05) is 35.9 Å². The minimum Gasteiger partial charge on any atom is -0.485 e. The van der Waals surface area contributed by atoms with Crippen LogP contribution in [0.3, 0.4) is 0 Å². The van der Waals surface area contributed by atoms with Crippen LogP contribution in [0.25, 0.3) is 11.0 Å². The molecule has 0 bridgehead atoms. The molecule has 4 aromatic rings. The Hall–Kier alpha value is -3.13. The molecule has 8 heteroatoms. The van der Waals surface area contributed by atoms with Crippen molar-refractivity contribution in [2.75, 3.05) is 26.3 Å². The molecule has 2 fully saturated rings. The molecule has 0 N–H and O–H groups in total. The van der Waals surface area contributed by atoms with Crippen LogP contribution in [-0.4, -0.2) is 46.9 Å². The molecular weight excluding hydrogens is 529 g/mol. The molecule has 6 nitrogen and oxygen atoms in total. The number of ether oxygens (including phenoxy) is 3. The summed E-state index contributed by atoms with van der Waals surface area (Å²) in [7, 11) is 0. The van der Waals surface area contributed by atoms with E-state index in [1.807, 2.05) is 12.1 Å². The number of rotatable bonds is 6. The van der Waals surface area contributed by atoms with Crippen molar-refractivity contribution in [2.45, 2.75) is 57.4 Å². The van der Waals surface area contributed by atoms with Gasteiger partial charge >= 0.3 is 0 Å². The zero-order valence-electron chi connectivity index (χ0n) is 22.6. The first-order valence-electron chi connectivity index (χ1n) is 14.2. The predicted molar refractivity (Wildman–Crippen MR) is 153 cm³/mol. The Morgan fingerprint density at radius 2 is 1.88 bits per heavy atom. The number of piperidine rings is 1. The van der Waals surface area contributed by atoms with Crippen molar-refractivity contribution >= 4 is 22.6 Å². The molecule has 3 aromatic carbocycles. The van der Waals surface area contributed by atoms with E-state index in [1.54, 1.807) is 12.1 Å². The predicted octanol–water partition coefficient (Wildman–Crippen LogP) is 6.82. The molecule has 0 aliphatic carbocycles. The highest BCUT2D eigenvalue weighted by molar-refractivity contribution is 6.30. The fourth-order valence-electron chi connectivity index (χ4n) is 6.19. The molecule has 40 heavy (non-hydrogen) atoms. The SMILES string of the molecule is Cc1ccc2nc(CN3CCC(c4cccc5c4O[C@@H](c4ccc(Cl)cc4F)CO5)CC3)n(CC3CCO3)c2c1. The molecule has 4 heterocycles. The van der Waals surface area contributed by atoms with E-state index in [9.17, 15) is 4.39 Å². The molecule has 7 rings (SSSR count). The summed E-state index contributed by atoms with van der Waals surface area (Å²) in [6.45, 7) is 6.85. The summed E-state index contributed by atoms with van der Waals surface area (Å²) in [5, 5.41) is 0.368. The number of benzene rings is 3. The maximum atomic E-state index is 14.7. The number of hydrogen-bond acceptors (Lipinski definition) is 5. The molecule has 0 saturated carbocycles. The molecule has 0 amide bonds. The summed E-state index contributed by atoms with van der Waals surface area (Å²) in [5.41, 5.74) is 5.09. The number of imidazole rings is 1. The van der Waals surface area contributed by atoms with Crippen molar-refractivity contribution in [1.82, 2.24) is 14.5 Å². The monoisotopic (exact) mass is 561 g/mol. The van der Waals surface area contributed by atoms with Gasteiger partial charge in [0.25, 0.3) is 0 Å². The molecular formula is C32H33ClFN3O3. The third kappa shape index (κ3) is 4.95. The van der Waals surface area contributed by atoms with Gasteiger partial charge in [0.05, 0.1) is 30.2 Å². The molecule has 0 spiro atoms. The van der Waals surface area contributed by atoms with Crippen LogP contribution in [0.4, 0.5) is 4.39 Å². The third-order valence-corrected chi connectivity index (χ3v) is 8.76. The van der Waals surface area contributed by atoms with Crippen LogP contribution in [-0.2, 0) is 17.8 Å². The maximum absolute atomic E-state index is 14.7. The van der Waals surface area contributed by atoms with Crippen LogP contribution < -0.4 is 9.47 Å². The van der Waals surface area contributed by atoms with Gasteiger partial charge in [0, 0.05) is 22.8 Å². The van der Waals surface area contributed by atoms with Gasteiger partial charge in [0.1, 0.15) is 18.2 Å². The molecule has 1 aromatic heterocycles. The van der Waals surface area contributed by atoms with Gasteiger partial charge in [-0.05, 0) is 81.1 Å². The Labute approximate surface area is 238 Å². The van der Waals surface area contributed by atoms with Gasteiger partial charge < -0.3 is 18.8 Å².